The van der Waals surface area contributed by atoms with Crippen molar-refractivity contribution < 1.29 is 9.13 Å². The molecule has 0 radical (unpaired) electrons. The second kappa shape index (κ2) is 4.83. The van der Waals surface area contributed by atoms with Gasteiger partial charge >= 0.3 is 0 Å². The molecule has 0 bridgehead atoms. The average molecular weight is 225 g/mol. The van der Waals surface area contributed by atoms with Crippen molar-refractivity contribution in [3.8, 4) is 5.75 Å². The summed E-state index contributed by atoms with van der Waals surface area (Å²) >= 11 is 0. The molecule has 16 heavy (non-hydrogen) atoms. The number of hydrogen-bond acceptors (Lipinski definition) is 2. The quantitative estimate of drug-likeness (QED) is 0.858. The molecule has 0 aromatic heterocycles. The van der Waals surface area contributed by atoms with Gasteiger partial charge in [-0.15, -0.1) is 0 Å². The van der Waals surface area contributed by atoms with Gasteiger partial charge in [0.15, 0.2) is 11.6 Å². The smallest absolute Gasteiger partial charge is 0.165 e. The second-order valence-corrected chi connectivity index (χ2v) is 5.14. The molecule has 0 saturated heterocycles. The maximum atomic E-state index is 13.5. The summed E-state index contributed by atoms with van der Waals surface area (Å²) in [5.74, 6) is -0.0568. The van der Waals surface area contributed by atoms with Gasteiger partial charge in [0.25, 0.3) is 0 Å². The first kappa shape index (κ1) is 13.0. The van der Waals surface area contributed by atoms with Crippen LogP contribution >= 0.6 is 0 Å². The molecule has 0 spiro atoms. The van der Waals surface area contributed by atoms with Crippen LogP contribution in [-0.4, -0.2) is 12.6 Å². The van der Waals surface area contributed by atoms with Crippen molar-refractivity contribution in [2.24, 2.45) is 11.1 Å². The van der Waals surface area contributed by atoms with Crippen molar-refractivity contribution in [3.05, 3.63) is 29.6 Å². The number of ether oxygens (including phenoxy) is 1. The molecule has 3 heteroatoms. The van der Waals surface area contributed by atoms with Gasteiger partial charge in [-0.05, 0) is 24.6 Å². The van der Waals surface area contributed by atoms with Crippen LogP contribution in [0.5, 0.6) is 5.75 Å². The molecule has 0 aliphatic carbocycles. The Hall–Kier alpha value is -1.09. The first-order valence-corrected chi connectivity index (χ1v) is 5.47. The lowest BCUT2D eigenvalue weighted by molar-refractivity contribution is 0.0898. The van der Waals surface area contributed by atoms with Crippen molar-refractivity contribution >= 4 is 0 Å². The zero-order valence-electron chi connectivity index (χ0n) is 10.4. The van der Waals surface area contributed by atoms with Gasteiger partial charge in [0.05, 0.1) is 0 Å². The maximum absolute atomic E-state index is 13.5. The van der Waals surface area contributed by atoms with E-state index in [4.69, 9.17) is 10.5 Å². The van der Waals surface area contributed by atoms with Gasteiger partial charge in [0.1, 0.15) is 6.10 Å². The summed E-state index contributed by atoms with van der Waals surface area (Å²) in [6.07, 6.45) is -0.191. The Bertz CT molecular complexity index is 357. The predicted molar refractivity (Wildman–Crippen MR) is 64.1 cm³/mol. The molecule has 1 aromatic carbocycles. The van der Waals surface area contributed by atoms with E-state index in [9.17, 15) is 4.39 Å². The Kier molecular flexibility index (Phi) is 3.92. The number of hydrogen-bond donors (Lipinski definition) is 1. The molecule has 1 atom stereocenters. The van der Waals surface area contributed by atoms with Crippen LogP contribution in [0, 0.1) is 18.2 Å². The predicted octanol–water partition coefficient (Wildman–Crippen LogP) is 2.89. The highest BCUT2D eigenvalue weighted by Gasteiger charge is 2.25. The number of benzene rings is 1. The Balaban J connectivity index is 2.90. The van der Waals surface area contributed by atoms with E-state index in [-0.39, 0.29) is 23.1 Å². The first-order chi connectivity index (χ1) is 7.34. The van der Waals surface area contributed by atoms with Crippen LogP contribution in [0.4, 0.5) is 4.39 Å². The highest BCUT2D eigenvalue weighted by Crippen LogP contribution is 2.26. The third kappa shape index (κ3) is 3.20. The average Bonchev–Trinajstić information content (AvgIpc) is 2.17. The lowest BCUT2D eigenvalue weighted by Gasteiger charge is -2.30. The molecule has 0 heterocycles. The summed E-state index contributed by atoms with van der Waals surface area (Å²) in [6.45, 7) is 8.35. The van der Waals surface area contributed by atoms with Crippen LogP contribution < -0.4 is 10.5 Å². The Labute approximate surface area is 96.6 Å². The number of rotatable bonds is 3. The molecule has 0 amide bonds. The van der Waals surface area contributed by atoms with Gasteiger partial charge < -0.3 is 10.5 Å². The van der Waals surface area contributed by atoms with Crippen molar-refractivity contribution in [1.29, 1.82) is 0 Å². The molecular weight excluding hydrogens is 205 g/mol. The van der Waals surface area contributed by atoms with E-state index in [2.05, 4.69) is 0 Å². The largest absolute Gasteiger partial charge is 0.485 e. The van der Waals surface area contributed by atoms with E-state index in [0.29, 0.717) is 6.54 Å². The monoisotopic (exact) mass is 225 g/mol. The molecular formula is C13H20FNO. The Morgan fingerprint density at radius 2 is 2.00 bits per heavy atom. The SMILES string of the molecule is Cc1ccc(F)c(OC(CN)C(C)(C)C)c1. The minimum Gasteiger partial charge on any atom is -0.485 e. The Morgan fingerprint density at radius 3 is 2.50 bits per heavy atom. The molecule has 1 unspecified atom stereocenters. The summed E-state index contributed by atoms with van der Waals surface area (Å²) in [4.78, 5) is 0. The van der Waals surface area contributed by atoms with Crippen LogP contribution in [0.25, 0.3) is 0 Å². The van der Waals surface area contributed by atoms with Gasteiger partial charge in [-0.25, -0.2) is 4.39 Å². The van der Waals surface area contributed by atoms with Gasteiger partial charge in [-0.1, -0.05) is 26.8 Å². The lowest BCUT2D eigenvalue weighted by atomic mass is 9.89. The molecule has 2 N–H and O–H groups in total. The summed E-state index contributed by atoms with van der Waals surface area (Å²) in [5, 5.41) is 0. The summed E-state index contributed by atoms with van der Waals surface area (Å²) in [5.41, 5.74) is 6.51. The van der Waals surface area contributed by atoms with Crippen molar-refractivity contribution in [2.45, 2.75) is 33.8 Å². The van der Waals surface area contributed by atoms with Crippen LogP contribution in [0.3, 0.4) is 0 Å². The van der Waals surface area contributed by atoms with Crippen molar-refractivity contribution in [1.82, 2.24) is 0 Å². The van der Waals surface area contributed by atoms with Crippen LogP contribution in [-0.2, 0) is 0 Å². The first-order valence-electron chi connectivity index (χ1n) is 5.47. The summed E-state index contributed by atoms with van der Waals surface area (Å²) < 4.78 is 19.1. The molecule has 0 aliphatic rings. The molecule has 2 nitrogen and oxygen atoms in total. The van der Waals surface area contributed by atoms with Crippen LogP contribution in [0.1, 0.15) is 26.3 Å². The van der Waals surface area contributed by atoms with Crippen molar-refractivity contribution in [2.75, 3.05) is 6.54 Å². The van der Waals surface area contributed by atoms with Gasteiger partial charge in [-0.2, -0.15) is 0 Å². The van der Waals surface area contributed by atoms with E-state index in [1.165, 1.54) is 6.07 Å². The van der Waals surface area contributed by atoms with Crippen molar-refractivity contribution in [3.63, 3.8) is 0 Å². The highest BCUT2D eigenvalue weighted by atomic mass is 19.1. The van der Waals surface area contributed by atoms with Crippen LogP contribution in [0.15, 0.2) is 18.2 Å². The second-order valence-electron chi connectivity index (χ2n) is 5.14. The fourth-order valence-corrected chi connectivity index (χ4v) is 1.43. The summed E-state index contributed by atoms with van der Waals surface area (Å²) in [6, 6.07) is 4.83. The molecule has 1 rings (SSSR count). The molecule has 0 saturated carbocycles. The fourth-order valence-electron chi connectivity index (χ4n) is 1.43. The minimum atomic E-state index is -0.340. The topological polar surface area (TPSA) is 35.2 Å². The Morgan fingerprint density at radius 1 is 1.38 bits per heavy atom. The third-order valence-corrected chi connectivity index (χ3v) is 2.54. The number of aryl methyl sites for hydroxylation is 1. The lowest BCUT2D eigenvalue weighted by Crippen LogP contribution is -2.38. The van der Waals surface area contributed by atoms with Gasteiger partial charge in [-0.3, -0.25) is 0 Å². The van der Waals surface area contributed by atoms with E-state index in [0.717, 1.165) is 5.56 Å². The standard InChI is InChI=1S/C13H20FNO/c1-9-5-6-10(14)11(7-9)16-12(8-15)13(2,3)4/h5-7,12H,8,15H2,1-4H3. The normalized spacial score (nSPS) is 13.6. The minimum absolute atomic E-state index is 0.106. The van der Waals surface area contributed by atoms with E-state index < -0.39 is 0 Å². The van der Waals surface area contributed by atoms with Crippen LogP contribution in [0.2, 0.25) is 0 Å². The number of nitrogens with two attached hydrogens (primary N) is 1. The molecule has 90 valence electrons. The maximum Gasteiger partial charge on any atom is 0.165 e. The van der Waals surface area contributed by atoms with E-state index in [1.807, 2.05) is 27.7 Å². The zero-order valence-corrected chi connectivity index (χ0v) is 10.4. The van der Waals surface area contributed by atoms with Gasteiger partial charge in [0, 0.05) is 12.0 Å². The molecule has 0 aliphatic heterocycles. The number of halogens is 1. The third-order valence-electron chi connectivity index (χ3n) is 2.54. The molecule has 0 fully saturated rings. The van der Waals surface area contributed by atoms with E-state index in [1.54, 1.807) is 12.1 Å². The zero-order chi connectivity index (χ0) is 12.3. The molecule has 1 aromatic rings. The van der Waals surface area contributed by atoms with Gasteiger partial charge in [0.2, 0.25) is 0 Å². The fraction of sp³-hybridized carbons (Fsp3) is 0.538. The summed E-state index contributed by atoms with van der Waals surface area (Å²) in [7, 11) is 0. The highest BCUT2D eigenvalue weighted by molar-refractivity contribution is 5.29. The van der Waals surface area contributed by atoms with E-state index >= 15 is 0 Å².